The number of nitrogens with zero attached hydrogens (tertiary/aromatic N) is 5. The van der Waals surface area contributed by atoms with Crippen molar-refractivity contribution in [1.29, 1.82) is 0 Å². The lowest BCUT2D eigenvalue weighted by Crippen LogP contribution is -2.32. The number of ether oxygens (including phenoxy) is 3. The van der Waals surface area contributed by atoms with Crippen LogP contribution in [0.2, 0.25) is 0 Å². The van der Waals surface area contributed by atoms with Crippen molar-refractivity contribution in [3.05, 3.63) is 107 Å². The summed E-state index contributed by atoms with van der Waals surface area (Å²) < 4.78 is 17.9. The molecule has 3 aromatic carbocycles. The van der Waals surface area contributed by atoms with E-state index in [1.807, 2.05) is 93.0 Å². The Morgan fingerprint density at radius 3 is 2.51 bits per heavy atom. The van der Waals surface area contributed by atoms with Gasteiger partial charge < -0.3 is 29.1 Å². The molecule has 14 heteroatoms. The topological polar surface area (TPSA) is 139 Å². The van der Waals surface area contributed by atoms with Crippen LogP contribution in [0.15, 0.2) is 85.1 Å². The number of pyridine rings is 1. The molecule has 0 unspecified atom stereocenters. The number of hydrogen-bond donors (Lipinski definition) is 2. The van der Waals surface area contributed by atoms with Crippen molar-refractivity contribution in [3.63, 3.8) is 0 Å². The largest absolute Gasteiger partial charge is 0.512 e. The maximum atomic E-state index is 13.5. The second-order valence-corrected chi connectivity index (χ2v) is 14.7. The number of benzene rings is 3. The van der Waals surface area contributed by atoms with Crippen LogP contribution in [0.25, 0.3) is 21.5 Å². The SMILES string of the molecule is CN(C)CCOc1ccc(-c2ccc(OCCCc3sc(N4CCc5cccc(C(=O)Nc6nc7ccccc7s6)c5C4)nc3OC(=O)O)cc2)nc1. The summed E-state index contributed by atoms with van der Waals surface area (Å²) >= 11 is 2.83. The number of carbonyl (C=O) groups is 2. The molecule has 6 aromatic rings. The molecular weight excluding hydrogens is 713 g/mol. The van der Waals surface area contributed by atoms with Crippen LogP contribution in [0, 0.1) is 0 Å². The molecule has 12 nitrogen and oxygen atoms in total. The van der Waals surface area contributed by atoms with Gasteiger partial charge in [-0.3, -0.25) is 15.1 Å². The molecule has 272 valence electrons. The highest BCUT2D eigenvalue weighted by Crippen LogP contribution is 2.36. The van der Waals surface area contributed by atoms with E-state index >= 15 is 0 Å². The van der Waals surface area contributed by atoms with E-state index in [1.54, 1.807) is 6.20 Å². The minimum absolute atomic E-state index is 0.0798. The Balaban J connectivity index is 0.960. The fraction of sp³-hybridized carbons (Fsp3) is 0.256. The number of aryl methyl sites for hydroxylation is 1. The van der Waals surface area contributed by atoms with Crippen molar-refractivity contribution < 1.29 is 28.9 Å². The summed E-state index contributed by atoms with van der Waals surface area (Å²) in [5, 5.41) is 13.6. The highest BCUT2D eigenvalue weighted by atomic mass is 32.1. The lowest BCUT2D eigenvalue weighted by Gasteiger charge is -2.29. The lowest BCUT2D eigenvalue weighted by atomic mass is 9.94. The molecule has 3 aromatic heterocycles. The molecule has 0 saturated carbocycles. The second kappa shape index (κ2) is 16.4. The van der Waals surface area contributed by atoms with Gasteiger partial charge in [0.25, 0.3) is 5.91 Å². The third kappa shape index (κ3) is 8.91. The van der Waals surface area contributed by atoms with E-state index in [4.69, 9.17) is 14.2 Å². The van der Waals surface area contributed by atoms with Crippen molar-refractivity contribution >= 4 is 55.2 Å². The van der Waals surface area contributed by atoms with Crippen molar-refractivity contribution in [2.45, 2.75) is 25.8 Å². The van der Waals surface area contributed by atoms with Crippen LogP contribution >= 0.6 is 22.7 Å². The Bertz CT molecular complexity index is 2170. The molecule has 1 amide bonds. The van der Waals surface area contributed by atoms with Crippen LogP contribution in [0.3, 0.4) is 0 Å². The smallest absolute Gasteiger partial charge is 0.494 e. The van der Waals surface area contributed by atoms with Crippen molar-refractivity contribution in [2.24, 2.45) is 0 Å². The quantitative estimate of drug-likeness (QED) is 0.0839. The van der Waals surface area contributed by atoms with E-state index in [0.29, 0.717) is 66.3 Å². The number of nitrogens with one attached hydrogen (secondary N) is 1. The lowest BCUT2D eigenvalue weighted by molar-refractivity contribution is 0.102. The van der Waals surface area contributed by atoms with Crippen LogP contribution in [0.5, 0.6) is 17.4 Å². The van der Waals surface area contributed by atoms with E-state index in [-0.39, 0.29) is 11.8 Å². The third-order valence-electron chi connectivity index (χ3n) is 8.65. The maximum Gasteiger partial charge on any atom is 0.512 e. The van der Waals surface area contributed by atoms with Crippen molar-refractivity contribution in [3.8, 4) is 28.6 Å². The van der Waals surface area contributed by atoms with Crippen LogP contribution in [0.1, 0.15) is 32.8 Å². The zero-order valence-corrected chi connectivity index (χ0v) is 30.9. The van der Waals surface area contributed by atoms with Crippen molar-refractivity contribution in [1.82, 2.24) is 19.9 Å². The number of thiazole rings is 2. The minimum atomic E-state index is -1.42. The molecule has 0 bridgehead atoms. The first-order valence-electron chi connectivity index (χ1n) is 17.2. The van der Waals surface area contributed by atoms with Gasteiger partial charge in [-0.25, -0.2) is 9.78 Å². The highest BCUT2D eigenvalue weighted by Gasteiger charge is 2.26. The first-order chi connectivity index (χ1) is 25.8. The number of para-hydroxylation sites is 1. The second-order valence-electron chi connectivity index (χ2n) is 12.7. The molecule has 53 heavy (non-hydrogen) atoms. The number of aromatic nitrogens is 3. The molecule has 0 fully saturated rings. The van der Waals surface area contributed by atoms with Gasteiger partial charge in [0.1, 0.15) is 18.1 Å². The molecule has 0 aliphatic carbocycles. The number of fused-ring (bicyclic) bond motifs is 2. The molecule has 0 radical (unpaired) electrons. The Labute approximate surface area is 314 Å². The summed E-state index contributed by atoms with van der Waals surface area (Å²) in [5.74, 6) is 1.31. The van der Waals surface area contributed by atoms with E-state index in [9.17, 15) is 14.7 Å². The molecule has 1 aliphatic heterocycles. The van der Waals surface area contributed by atoms with Crippen LogP contribution in [-0.4, -0.2) is 77.4 Å². The van der Waals surface area contributed by atoms with E-state index < -0.39 is 6.16 Å². The number of likely N-dealkylation sites (N-methyl/N-ethyl adjacent to an activating group) is 1. The number of anilines is 2. The fourth-order valence-corrected chi connectivity index (χ4v) is 7.87. The van der Waals surface area contributed by atoms with Crippen molar-refractivity contribution in [2.75, 3.05) is 50.6 Å². The molecular formula is C39H38N6O6S2. The fourth-order valence-electron chi connectivity index (χ4n) is 5.96. The number of carbonyl (C=O) groups excluding carboxylic acids is 1. The maximum absolute atomic E-state index is 13.5. The number of hydrogen-bond acceptors (Lipinski definition) is 12. The van der Waals surface area contributed by atoms with E-state index in [2.05, 4.69) is 30.1 Å². The Morgan fingerprint density at radius 1 is 0.925 bits per heavy atom. The summed E-state index contributed by atoms with van der Waals surface area (Å²) in [6.07, 6.45) is 2.16. The Morgan fingerprint density at radius 2 is 1.74 bits per heavy atom. The van der Waals surface area contributed by atoms with Gasteiger partial charge in [-0.1, -0.05) is 46.9 Å². The number of carboxylic acid groups (broad SMARTS) is 1. The number of rotatable bonds is 14. The van der Waals surface area contributed by atoms with Gasteiger partial charge in [-0.05, 0) is 99.1 Å². The molecule has 4 heterocycles. The molecule has 0 spiro atoms. The normalized spacial score (nSPS) is 12.5. The van der Waals surface area contributed by atoms with Gasteiger partial charge >= 0.3 is 6.16 Å². The first kappa shape index (κ1) is 35.8. The summed E-state index contributed by atoms with van der Waals surface area (Å²) in [5.41, 5.74) is 5.22. The van der Waals surface area contributed by atoms with E-state index in [0.717, 1.165) is 50.6 Å². The average Bonchev–Trinajstić information content (AvgIpc) is 3.76. The summed E-state index contributed by atoms with van der Waals surface area (Å²) in [7, 11) is 4.01. The van der Waals surface area contributed by atoms with Gasteiger partial charge in [-0.15, -0.1) is 0 Å². The predicted octanol–water partition coefficient (Wildman–Crippen LogP) is 7.64. The molecule has 1 aliphatic rings. The summed E-state index contributed by atoms with van der Waals surface area (Å²) in [6.45, 7) is 2.96. The zero-order valence-electron chi connectivity index (χ0n) is 29.3. The van der Waals surface area contributed by atoms with E-state index in [1.165, 1.54) is 22.7 Å². The highest BCUT2D eigenvalue weighted by molar-refractivity contribution is 7.22. The molecule has 7 rings (SSSR count). The van der Waals surface area contributed by atoms with Gasteiger partial charge in [-0.2, -0.15) is 4.98 Å². The Hall–Kier alpha value is -5.57. The Kier molecular flexibility index (Phi) is 11.1. The molecule has 0 atom stereocenters. The summed E-state index contributed by atoms with van der Waals surface area (Å²) in [6, 6.07) is 25.1. The van der Waals surface area contributed by atoms with Gasteiger partial charge in [0.15, 0.2) is 10.3 Å². The van der Waals surface area contributed by atoms with Gasteiger partial charge in [0.05, 0.1) is 33.6 Å². The zero-order chi connectivity index (χ0) is 36.7. The number of amides is 1. The van der Waals surface area contributed by atoms with Gasteiger partial charge in [0, 0.05) is 30.8 Å². The predicted molar refractivity (Wildman–Crippen MR) is 207 cm³/mol. The van der Waals surface area contributed by atoms with Crippen LogP contribution in [0.4, 0.5) is 15.1 Å². The minimum Gasteiger partial charge on any atom is -0.494 e. The van der Waals surface area contributed by atoms with Crippen LogP contribution in [-0.2, 0) is 19.4 Å². The third-order valence-corrected chi connectivity index (χ3v) is 10.8. The monoisotopic (exact) mass is 750 g/mol. The summed E-state index contributed by atoms with van der Waals surface area (Å²) in [4.78, 5) is 43.6. The standard InChI is InChI=1S/C39H38N6O6S2/c1-44(2)20-22-50-28-16-17-31(40-23-28)26-12-14-27(15-13-26)49-21-6-11-34-36(51-39(47)48)43-38(53-34)45-19-18-25-7-5-8-29(30(25)24-45)35(46)42-37-41-32-9-3-4-10-33(32)52-37/h3-5,7-10,12-17,23H,6,11,18-22,24H2,1-2H3,(H,47,48)(H,41,42,46). The molecule has 0 saturated heterocycles. The first-order valence-corrected chi connectivity index (χ1v) is 18.8. The molecule has 2 N–H and O–H groups in total. The average molecular weight is 751 g/mol. The van der Waals surface area contributed by atoms with Crippen LogP contribution < -0.4 is 24.4 Å². The van der Waals surface area contributed by atoms with Gasteiger partial charge in [0.2, 0.25) is 5.88 Å².